The van der Waals surface area contributed by atoms with Crippen molar-refractivity contribution in [2.45, 2.75) is 31.0 Å². The average Bonchev–Trinajstić information content (AvgIpc) is 3.01. The van der Waals surface area contributed by atoms with Gasteiger partial charge in [-0.1, -0.05) is 30.3 Å². The van der Waals surface area contributed by atoms with Gasteiger partial charge in [-0.05, 0) is 29.3 Å². The lowest BCUT2D eigenvalue weighted by Crippen LogP contribution is -2.32. The van der Waals surface area contributed by atoms with Gasteiger partial charge in [-0.3, -0.25) is 0 Å². The molecule has 2 heterocycles. The molecule has 1 saturated heterocycles. The first-order valence-electron chi connectivity index (χ1n) is 9.05. The third-order valence-corrected chi connectivity index (χ3v) is 5.11. The fraction of sp³-hybridized carbons (Fsp3) is 0.300. The van der Waals surface area contributed by atoms with Crippen molar-refractivity contribution in [3.8, 4) is 0 Å². The summed E-state index contributed by atoms with van der Waals surface area (Å²) >= 11 is 6.05. The maximum Gasteiger partial charge on any atom is 0.224 e. The Kier molecular flexibility index (Phi) is 5.62. The van der Waals surface area contributed by atoms with Crippen LogP contribution in [0.25, 0.3) is 10.9 Å². The van der Waals surface area contributed by atoms with Crippen LogP contribution in [0.3, 0.4) is 0 Å². The molecule has 152 valence electrons. The van der Waals surface area contributed by atoms with E-state index in [1.165, 1.54) is 12.1 Å². The van der Waals surface area contributed by atoms with Gasteiger partial charge in [-0.15, -0.1) is 0 Å². The number of halogens is 2. The number of ether oxygens (including phenoxy) is 1. The van der Waals surface area contributed by atoms with Crippen LogP contribution in [0.2, 0.25) is 5.28 Å². The molecule has 0 unspecified atom stereocenters. The standard InChI is InChI=1S/C20H19ClFN3O4/c21-20-24-14-7-11(18-17(28)16(27)15(9-26)29-18)13(22)6-12(14)19(25-20)23-8-10-4-2-1-3-5-10/h1-7,15-18,26-28H,8-9H2,(H,23,24,25)/t15-,16-,17-,18+/m1/s1. The van der Waals surface area contributed by atoms with E-state index >= 15 is 0 Å². The van der Waals surface area contributed by atoms with Gasteiger partial charge in [0, 0.05) is 17.5 Å². The minimum atomic E-state index is -1.38. The summed E-state index contributed by atoms with van der Waals surface area (Å²) in [5.74, 6) is -0.281. The van der Waals surface area contributed by atoms with Gasteiger partial charge in [0.15, 0.2) is 0 Å². The van der Waals surface area contributed by atoms with Crippen molar-refractivity contribution < 1.29 is 24.4 Å². The molecule has 0 saturated carbocycles. The van der Waals surface area contributed by atoms with Crippen LogP contribution in [0.5, 0.6) is 0 Å². The van der Waals surface area contributed by atoms with Crippen LogP contribution in [-0.4, -0.2) is 50.2 Å². The van der Waals surface area contributed by atoms with E-state index in [1.54, 1.807) is 0 Å². The van der Waals surface area contributed by atoms with Crippen molar-refractivity contribution in [1.82, 2.24) is 9.97 Å². The summed E-state index contributed by atoms with van der Waals surface area (Å²) in [4.78, 5) is 8.31. The second kappa shape index (κ2) is 8.17. The molecule has 4 atom stereocenters. The molecule has 4 rings (SSSR count). The predicted octanol–water partition coefficient (Wildman–Crippen LogP) is 2.19. The molecule has 1 aliphatic heterocycles. The SMILES string of the molecule is OC[C@H]1O[C@@H](c2cc3nc(Cl)nc(NCc4ccccc4)c3cc2F)[C@H](O)[C@@H]1O. The first-order valence-corrected chi connectivity index (χ1v) is 9.42. The molecule has 7 nitrogen and oxygen atoms in total. The Morgan fingerprint density at radius 2 is 1.86 bits per heavy atom. The Morgan fingerprint density at radius 3 is 2.55 bits per heavy atom. The van der Waals surface area contributed by atoms with Crippen LogP contribution in [0.15, 0.2) is 42.5 Å². The Hall–Kier alpha value is -2.36. The predicted molar refractivity (Wildman–Crippen MR) is 105 cm³/mol. The normalized spacial score (nSPS) is 24.2. The number of aliphatic hydroxyl groups is 3. The highest BCUT2D eigenvalue weighted by atomic mass is 35.5. The molecule has 3 aromatic rings. The van der Waals surface area contributed by atoms with Crippen LogP contribution < -0.4 is 5.32 Å². The Morgan fingerprint density at radius 1 is 1.10 bits per heavy atom. The van der Waals surface area contributed by atoms with Crippen molar-refractivity contribution in [2.75, 3.05) is 11.9 Å². The maximum absolute atomic E-state index is 14.9. The molecule has 0 amide bonds. The van der Waals surface area contributed by atoms with Gasteiger partial charge >= 0.3 is 0 Å². The number of anilines is 1. The molecule has 9 heteroatoms. The first kappa shape index (κ1) is 19.9. The molecule has 1 aromatic heterocycles. The summed E-state index contributed by atoms with van der Waals surface area (Å²) in [6.07, 6.45) is -4.84. The highest BCUT2D eigenvalue weighted by molar-refractivity contribution is 6.28. The maximum atomic E-state index is 14.9. The molecule has 0 bridgehead atoms. The number of aliphatic hydroxyl groups excluding tert-OH is 3. The van der Waals surface area contributed by atoms with Gasteiger partial charge in [0.1, 0.15) is 36.1 Å². The number of nitrogens with one attached hydrogen (secondary N) is 1. The lowest BCUT2D eigenvalue weighted by Gasteiger charge is -2.17. The molecule has 1 fully saturated rings. The van der Waals surface area contributed by atoms with E-state index in [-0.39, 0.29) is 10.8 Å². The third-order valence-electron chi connectivity index (χ3n) is 4.94. The van der Waals surface area contributed by atoms with Crippen LogP contribution in [0.4, 0.5) is 10.2 Å². The van der Waals surface area contributed by atoms with E-state index in [0.29, 0.717) is 23.3 Å². The molecule has 1 aliphatic rings. The third kappa shape index (κ3) is 3.90. The Bertz CT molecular complexity index is 1020. The number of fused-ring (bicyclic) bond motifs is 1. The van der Waals surface area contributed by atoms with Crippen molar-refractivity contribution in [3.05, 3.63) is 64.7 Å². The first-order chi connectivity index (χ1) is 14.0. The molecule has 0 spiro atoms. The van der Waals surface area contributed by atoms with Gasteiger partial charge < -0.3 is 25.4 Å². The fourth-order valence-electron chi connectivity index (χ4n) is 3.43. The summed E-state index contributed by atoms with van der Waals surface area (Å²) in [6, 6.07) is 12.3. The largest absolute Gasteiger partial charge is 0.394 e. The zero-order valence-corrected chi connectivity index (χ0v) is 15.9. The number of aromatic nitrogens is 2. The van der Waals surface area contributed by atoms with Gasteiger partial charge in [0.05, 0.1) is 12.1 Å². The molecular weight excluding hydrogens is 401 g/mol. The van der Waals surface area contributed by atoms with Gasteiger partial charge in [0.25, 0.3) is 0 Å². The summed E-state index contributed by atoms with van der Waals surface area (Å²) in [5.41, 5.74) is 1.39. The van der Waals surface area contributed by atoms with E-state index in [1.807, 2.05) is 30.3 Å². The lowest BCUT2D eigenvalue weighted by atomic mass is 9.99. The van der Waals surface area contributed by atoms with E-state index in [4.69, 9.17) is 16.3 Å². The Labute approximate surface area is 170 Å². The summed E-state index contributed by atoms with van der Waals surface area (Å²) in [7, 11) is 0. The minimum absolute atomic E-state index is 0.0174. The molecule has 0 radical (unpaired) electrons. The van der Waals surface area contributed by atoms with Crippen LogP contribution in [0.1, 0.15) is 17.2 Å². The molecule has 2 aromatic carbocycles. The zero-order valence-electron chi connectivity index (χ0n) is 15.2. The smallest absolute Gasteiger partial charge is 0.224 e. The lowest BCUT2D eigenvalue weighted by molar-refractivity contribution is -0.0236. The summed E-state index contributed by atoms with van der Waals surface area (Å²) < 4.78 is 20.3. The topological polar surface area (TPSA) is 108 Å². The molecule has 0 aliphatic carbocycles. The van der Waals surface area contributed by atoms with E-state index < -0.39 is 36.8 Å². The molecule has 29 heavy (non-hydrogen) atoms. The van der Waals surface area contributed by atoms with Crippen LogP contribution in [0, 0.1) is 5.82 Å². The van der Waals surface area contributed by atoms with Crippen molar-refractivity contribution in [2.24, 2.45) is 0 Å². The number of hydrogen-bond donors (Lipinski definition) is 4. The zero-order chi connectivity index (χ0) is 20.5. The highest BCUT2D eigenvalue weighted by Crippen LogP contribution is 2.37. The van der Waals surface area contributed by atoms with Crippen molar-refractivity contribution in [1.29, 1.82) is 0 Å². The highest BCUT2D eigenvalue weighted by Gasteiger charge is 2.44. The van der Waals surface area contributed by atoms with E-state index in [0.717, 1.165) is 5.56 Å². The second-order valence-electron chi connectivity index (χ2n) is 6.83. The Balaban J connectivity index is 1.69. The molecular formula is C20H19ClFN3O4. The molecule has 4 N–H and O–H groups in total. The van der Waals surface area contributed by atoms with Gasteiger partial charge in [0.2, 0.25) is 5.28 Å². The van der Waals surface area contributed by atoms with Gasteiger partial charge in [-0.2, -0.15) is 0 Å². The monoisotopic (exact) mass is 419 g/mol. The van der Waals surface area contributed by atoms with E-state index in [9.17, 15) is 19.7 Å². The summed E-state index contributed by atoms with van der Waals surface area (Å²) in [5, 5.41) is 32.9. The van der Waals surface area contributed by atoms with E-state index in [2.05, 4.69) is 15.3 Å². The number of nitrogens with zero attached hydrogens (tertiary/aromatic N) is 2. The number of benzene rings is 2. The number of rotatable bonds is 5. The average molecular weight is 420 g/mol. The fourth-order valence-corrected chi connectivity index (χ4v) is 3.60. The number of hydrogen-bond acceptors (Lipinski definition) is 7. The van der Waals surface area contributed by atoms with Crippen LogP contribution in [-0.2, 0) is 11.3 Å². The minimum Gasteiger partial charge on any atom is -0.394 e. The second-order valence-corrected chi connectivity index (χ2v) is 7.17. The quantitative estimate of drug-likeness (QED) is 0.469. The van der Waals surface area contributed by atoms with Crippen LogP contribution >= 0.6 is 11.6 Å². The summed E-state index contributed by atoms with van der Waals surface area (Å²) in [6.45, 7) is -0.0348. The van der Waals surface area contributed by atoms with Crippen molar-refractivity contribution in [3.63, 3.8) is 0 Å². The van der Waals surface area contributed by atoms with Crippen molar-refractivity contribution >= 4 is 28.3 Å². The van der Waals surface area contributed by atoms with Gasteiger partial charge in [-0.25, -0.2) is 14.4 Å².